The molecule has 0 aromatic heterocycles. The Balaban J connectivity index is 2.05. The maximum atomic E-state index is 4.79. The normalized spacial score (nSPS) is 20.4. The fraction of sp³-hybridized carbons (Fsp3) is 0.500. The van der Waals surface area contributed by atoms with E-state index >= 15 is 0 Å². The third-order valence-corrected chi connectivity index (χ3v) is 3.52. The molecular weight excluding hydrogens is 176 g/mol. The number of hydrogen-bond acceptors (Lipinski definition) is 1. The standard InChI is InChI=1S/C12H16S/c13-12(8-4-5-9-12)10-11-6-2-1-3-7-11/h1-3,6-7,13H,4-5,8-10H2. The fourth-order valence-corrected chi connectivity index (χ4v) is 2.68. The van der Waals surface area contributed by atoms with Gasteiger partial charge in [0, 0.05) is 4.75 Å². The maximum Gasteiger partial charge on any atom is 0.0170 e. The predicted molar refractivity (Wildman–Crippen MR) is 60.3 cm³/mol. The van der Waals surface area contributed by atoms with Crippen LogP contribution >= 0.6 is 12.6 Å². The Morgan fingerprint density at radius 3 is 2.31 bits per heavy atom. The van der Waals surface area contributed by atoms with Crippen LogP contribution in [-0.4, -0.2) is 4.75 Å². The zero-order chi connectivity index (χ0) is 9.15. The summed E-state index contributed by atoms with van der Waals surface area (Å²) in [5.41, 5.74) is 1.43. The molecule has 2 rings (SSSR count). The summed E-state index contributed by atoms with van der Waals surface area (Å²) in [6.07, 6.45) is 6.42. The van der Waals surface area contributed by atoms with Crippen LogP contribution in [0.5, 0.6) is 0 Å². The van der Waals surface area contributed by atoms with Crippen molar-refractivity contribution >= 4 is 12.6 Å². The third kappa shape index (κ3) is 2.28. The number of rotatable bonds is 2. The minimum absolute atomic E-state index is 0.293. The molecule has 1 aliphatic rings. The van der Waals surface area contributed by atoms with Crippen molar-refractivity contribution in [1.82, 2.24) is 0 Å². The molecule has 0 heterocycles. The van der Waals surface area contributed by atoms with E-state index in [4.69, 9.17) is 12.6 Å². The summed E-state index contributed by atoms with van der Waals surface area (Å²) < 4.78 is 0.293. The number of hydrogen-bond donors (Lipinski definition) is 1. The van der Waals surface area contributed by atoms with Gasteiger partial charge in [0.2, 0.25) is 0 Å². The molecule has 13 heavy (non-hydrogen) atoms. The van der Waals surface area contributed by atoms with Crippen molar-refractivity contribution in [2.75, 3.05) is 0 Å². The lowest BCUT2D eigenvalue weighted by molar-refractivity contribution is 0.610. The summed E-state index contributed by atoms with van der Waals surface area (Å²) in [6.45, 7) is 0. The first-order chi connectivity index (χ1) is 6.29. The van der Waals surface area contributed by atoms with Crippen molar-refractivity contribution in [1.29, 1.82) is 0 Å². The predicted octanol–water partition coefficient (Wildman–Crippen LogP) is 3.47. The van der Waals surface area contributed by atoms with Gasteiger partial charge in [0.1, 0.15) is 0 Å². The van der Waals surface area contributed by atoms with Crippen LogP contribution in [0.15, 0.2) is 30.3 Å². The molecule has 0 saturated heterocycles. The lowest BCUT2D eigenvalue weighted by Crippen LogP contribution is -2.19. The molecule has 1 aliphatic carbocycles. The second kappa shape index (κ2) is 3.75. The Morgan fingerprint density at radius 2 is 1.69 bits per heavy atom. The molecule has 1 fully saturated rings. The van der Waals surface area contributed by atoms with Crippen molar-refractivity contribution in [3.8, 4) is 0 Å². The molecule has 0 nitrogen and oxygen atoms in total. The Morgan fingerprint density at radius 1 is 1.08 bits per heavy atom. The van der Waals surface area contributed by atoms with E-state index in [0.717, 1.165) is 6.42 Å². The van der Waals surface area contributed by atoms with Crippen molar-refractivity contribution in [2.24, 2.45) is 0 Å². The van der Waals surface area contributed by atoms with Gasteiger partial charge >= 0.3 is 0 Å². The van der Waals surface area contributed by atoms with Gasteiger partial charge in [0.05, 0.1) is 0 Å². The Bertz CT molecular complexity index is 260. The zero-order valence-electron chi connectivity index (χ0n) is 7.87. The fourth-order valence-electron chi connectivity index (χ4n) is 2.19. The van der Waals surface area contributed by atoms with Crippen LogP contribution in [0.3, 0.4) is 0 Å². The summed E-state index contributed by atoms with van der Waals surface area (Å²) in [6, 6.07) is 10.7. The SMILES string of the molecule is SC1(Cc2ccccc2)CCCC1. The van der Waals surface area contributed by atoms with Crippen LogP contribution in [0.1, 0.15) is 31.2 Å². The summed E-state index contributed by atoms with van der Waals surface area (Å²) in [7, 11) is 0. The van der Waals surface area contributed by atoms with Crippen molar-refractivity contribution < 1.29 is 0 Å². The van der Waals surface area contributed by atoms with Crippen molar-refractivity contribution in [2.45, 2.75) is 36.9 Å². The van der Waals surface area contributed by atoms with Crippen molar-refractivity contribution in [3.05, 3.63) is 35.9 Å². The van der Waals surface area contributed by atoms with E-state index in [1.807, 2.05) is 0 Å². The van der Waals surface area contributed by atoms with E-state index in [1.165, 1.54) is 31.2 Å². The van der Waals surface area contributed by atoms with Crippen LogP contribution in [0.2, 0.25) is 0 Å². The van der Waals surface area contributed by atoms with E-state index in [2.05, 4.69) is 30.3 Å². The molecule has 0 unspecified atom stereocenters. The second-order valence-corrected chi connectivity index (χ2v) is 5.04. The molecule has 1 saturated carbocycles. The summed E-state index contributed by atoms with van der Waals surface area (Å²) >= 11 is 4.79. The smallest absolute Gasteiger partial charge is 0.0170 e. The Hall–Kier alpha value is -0.430. The molecule has 0 bridgehead atoms. The van der Waals surface area contributed by atoms with Crippen LogP contribution < -0.4 is 0 Å². The highest BCUT2D eigenvalue weighted by molar-refractivity contribution is 7.81. The summed E-state index contributed by atoms with van der Waals surface area (Å²) in [5.74, 6) is 0. The van der Waals surface area contributed by atoms with Gasteiger partial charge in [-0.05, 0) is 24.8 Å². The van der Waals surface area contributed by atoms with Crippen LogP contribution in [0, 0.1) is 0 Å². The molecule has 0 aliphatic heterocycles. The van der Waals surface area contributed by atoms with E-state index in [1.54, 1.807) is 0 Å². The van der Waals surface area contributed by atoms with Gasteiger partial charge < -0.3 is 0 Å². The Labute approximate surface area is 85.8 Å². The quantitative estimate of drug-likeness (QED) is 0.681. The van der Waals surface area contributed by atoms with Gasteiger partial charge in [-0.25, -0.2) is 0 Å². The molecular formula is C12H16S. The van der Waals surface area contributed by atoms with E-state index in [0.29, 0.717) is 4.75 Å². The van der Waals surface area contributed by atoms with Gasteiger partial charge in [-0.15, -0.1) is 0 Å². The van der Waals surface area contributed by atoms with Crippen LogP contribution in [0.25, 0.3) is 0 Å². The van der Waals surface area contributed by atoms with E-state index in [-0.39, 0.29) is 0 Å². The molecule has 0 radical (unpaired) electrons. The highest BCUT2D eigenvalue weighted by atomic mass is 32.1. The minimum atomic E-state index is 0.293. The third-order valence-electron chi connectivity index (χ3n) is 2.91. The van der Waals surface area contributed by atoms with Gasteiger partial charge in [-0.2, -0.15) is 12.6 Å². The Kier molecular flexibility index (Phi) is 2.63. The van der Waals surface area contributed by atoms with Gasteiger partial charge in [0.15, 0.2) is 0 Å². The molecule has 70 valence electrons. The molecule has 1 aromatic carbocycles. The number of benzene rings is 1. The van der Waals surface area contributed by atoms with Crippen LogP contribution in [-0.2, 0) is 6.42 Å². The topological polar surface area (TPSA) is 0 Å². The average molecular weight is 192 g/mol. The van der Waals surface area contributed by atoms with E-state index in [9.17, 15) is 0 Å². The molecule has 0 spiro atoms. The zero-order valence-corrected chi connectivity index (χ0v) is 8.76. The monoisotopic (exact) mass is 192 g/mol. The molecule has 1 aromatic rings. The molecule has 1 heteroatoms. The maximum absolute atomic E-state index is 4.79. The lowest BCUT2D eigenvalue weighted by Gasteiger charge is -2.22. The van der Waals surface area contributed by atoms with Gasteiger partial charge in [0.25, 0.3) is 0 Å². The lowest BCUT2D eigenvalue weighted by atomic mass is 9.97. The van der Waals surface area contributed by atoms with Gasteiger partial charge in [-0.3, -0.25) is 0 Å². The highest BCUT2D eigenvalue weighted by Gasteiger charge is 2.29. The van der Waals surface area contributed by atoms with Gasteiger partial charge in [-0.1, -0.05) is 43.2 Å². The first-order valence-corrected chi connectivity index (χ1v) is 5.50. The minimum Gasteiger partial charge on any atom is -0.172 e. The first kappa shape index (κ1) is 9.14. The largest absolute Gasteiger partial charge is 0.172 e. The van der Waals surface area contributed by atoms with Crippen molar-refractivity contribution in [3.63, 3.8) is 0 Å². The first-order valence-electron chi connectivity index (χ1n) is 5.05. The van der Waals surface area contributed by atoms with E-state index < -0.39 is 0 Å². The summed E-state index contributed by atoms with van der Waals surface area (Å²) in [5, 5.41) is 0. The highest BCUT2D eigenvalue weighted by Crippen LogP contribution is 2.37. The van der Waals surface area contributed by atoms with Crippen LogP contribution in [0.4, 0.5) is 0 Å². The summed E-state index contributed by atoms with van der Waals surface area (Å²) in [4.78, 5) is 0. The molecule has 0 amide bonds. The second-order valence-electron chi connectivity index (χ2n) is 4.09. The number of thiol groups is 1. The average Bonchev–Trinajstić information content (AvgIpc) is 2.54. The molecule has 0 atom stereocenters. The molecule has 0 N–H and O–H groups in total.